The summed E-state index contributed by atoms with van der Waals surface area (Å²) in [6.45, 7) is 5.25. The number of ether oxygens (including phenoxy) is 1. The van der Waals surface area contributed by atoms with Crippen LogP contribution in [0.3, 0.4) is 0 Å². The smallest absolute Gasteiger partial charge is 0.338 e. The van der Waals surface area contributed by atoms with Gasteiger partial charge >= 0.3 is 5.97 Å². The van der Waals surface area contributed by atoms with Crippen LogP contribution in [0.25, 0.3) is 11.0 Å². The van der Waals surface area contributed by atoms with Crippen LogP contribution >= 0.6 is 0 Å². The molecule has 146 valence electrons. The topological polar surface area (TPSA) is 105 Å². The molecule has 1 atom stereocenters. The first kappa shape index (κ1) is 19.7. The van der Waals surface area contributed by atoms with E-state index in [2.05, 4.69) is 21.4 Å². The molecule has 0 aliphatic heterocycles. The predicted octanol–water partition coefficient (Wildman–Crippen LogP) is 3.13. The summed E-state index contributed by atoms with van der Waals surface area (Å²) in [6.07, 6.45) is 3.11. The minimum absolute atomic E-state index is 0.303. The third-order valence-electron chi connectivity index (χ3n) is 5.25. The summed E-state index contributed by atoms with van der Waals surface area (Å²) in [6, 6.07) is 7.16. The van der Waals surface area contributed by atoms with E-state index >= 15 is 0 Å². The predicted molar refractivity (Wildman–Crippen MR) is 103 cm³/mol. The molecule has 0 saturated heterocycles. The van der Waals surface area contributed by atoms with Crippen molar-refractivity contribution in [3.8, 4) is 6.07 Å². The number of aryl methyl sites for hydroxylation is 2. The van der Waals surface area contributed by atoms with Gasteiger partial charge < -0.3 is 10.1 Å². The maximum Gasteiger partial charge on any atom is 0.338 e. The second-order valence-electron chi connectivity index (χ2n) is 7.39. The molecule has 1 aliphatic rings. The number of nitrogens with one attached hydrogen (secondary N) is 1. The fourth-order valence-corrected chi connectivity index (χ4v) is 3.40. The summed E-state index contributed by atoms with van der Waals surface area (Å²) >= 11 is 0. The number of fused-ring (bicyclic) bond motifs is 1. The van der Waals surface area contributed by atoms with Crippen molar-refractivity contribution in [3.63, 3.8) is 0 Å². The molecule has 1 fully saturated rings. The minimum atomic E-state index is -0.999. The molecule has 2 aromatic rings. The second-order valence-corrected chi connectivity index (χ2v) is 7.39. The third kappa shape index (κ3) is 4.11. The van der Waals surface area contributed by atoms with Gasteiger partial charge in [0.1, 0.15) is 5.54 Å². The quantitative estimate of drug-likeness (QED) is 0.817. The van der Waals surface area contributed by atoms with Crippen molar-refractivity contribution in [1.29, 1.82) is 5.26 Å². The zero-order chi connectivity index (χ0) is 20.3. The molecule has 7 nitrogen and oxygen atoms in total. The molecule has 1 aromatic heterocycles. The van der Waals surface area contributed by atoms with E-state index in [-0.39, 0.29) is 0 Å². The highest BCUT2D eigenvalue weighted by Crippen LogP contribution is 2.27. The second kappa shape index (κ2) is 7.93. The van der Waals surface area contributed by atoms with Crippen molar-refractivity contribution in [2.45, 2.75) is 64.5 Å². The van der Waals surface area contributed by atoms with Crippen LogP contribution in [0.2, 0.25) is 0 Å². The maximum absolute atomic E-state index is 12.5. The van der Waals surface area contributed by atoms with Gasteiger partial charge in [-0.25, -0.2) is 14.8 Å². The van der Waals surface area contributed by atoms with Crippen LogP contribution in [0, 0.1) is 25.2 Å². The third-order valence-corrected chi connectivity index (χ3v) is 5.25. The number of aromatic nitrogens is 2. The molecule has 3 rings (SSSR count). The van der Waals surface area contributed by atoms with Crippen LogP contribution in [0.15, 0.2) is 18.2 Å². The Hall–Kier alpha value is -3.01. The summed E-state index contributed by atoms with van der Waals surface area (Å²) in [5, 5.41) is 12.3. The van der Waals surface area contributed by atoms with Crippen LogP contribution in [-0.4, -0.2) is 33.5 Å². The van der Waals surface area contributed by atoms with E-state index < -0.39 is 23.5 Å². The number of benzene rings is 1. The summed E-state index contributed by atoms with van der Waals surface area (Å²) in [5.74, 6) is -1.07. The molecule has 1 aromatic carbocycles. The number of carbonyl (C=O) groups is 2. The number of esters is 1. The van der Waals surface area contributed by atoms with Gasteiger partial charge in [0, 0.05) is 0 Å². The lowest BCUT2D eigenvalue weighted by atomic mass is 9.83. The van der Waals surface area contributed by atoms with Crippen molar-refractivity contribution in [2.75, 3.05) is 0 Å². The molecule has 28 heavy (non-hydrogen) atoms. The lowest BCUT2D eigenvalue weighted by Crippen LogP contribution is -2.52. The minimum Gasteiger partial charge on any atom is -0.449 e. The summed E-state index contributed by atoms with van der Waals surface area (Å²) in [7, 11) is 0. The van der Waals surface area contributed by atoms with Crippen LogP contribution in [0.4, 0.5) is 0 Å². The highest BCUT2D eigenvalue weighted by atomic mass is 16.5. The van der Waals surface area contributed by atoms with E-state index in [0.29, 0.717) is 29.4 Å². The van der Waals surface area contributed by atoms with E-state index in [4.69, 9.17) is 4.74 Å². The van der Waals surface area contributed by atoms with Crippen molar-refractivity contribution >= 4 is 22.9 Å². The van der Waals surface area contributed by atoms with E-state index in [9.17, 15) is 14.9 Å². The van der Waals surface area contributed by atoms with Gasteiger partial charge in [0.15, 0.2) is 6.10 Å². The Bertz CT molecular complexity index is 958. The molecule has 0 bridgehead atoms. The van der Waals surface area contributed by atoms with Gasteiger partial charge in [0.05, 0.1) is 34.1 Å². The largest absolute Gasteiger partial charge is 0.449 e. The molecule has 0 unspecified atom stereocenters. The van der Waals surface area contributed by atoms with Crippen molar-refractivity contribution < 1.29 is 14.3 Å². The molecule has 1 N–H and O–H groups in total. The number of hydrogen-bond acceptors (Lipinski definition) is 6. The fourth-order valence-electron chi connectivity index (χ4n) is 3.40. The lowest BCUT2D eigenvalue weighted by molar-refractivity contribution is -0.130. The maximum atomic E-state index is 12.5. The number of carbonyl (C=O) groups excluding carboxylic acids is 2. The molecule has 7 heteroatoms. The van der Waals surface area contributed by atoms with Gasteiger partial charge in [-0.3, -0.25) is 4.79 Å². The Kier molecular flexibility index (Phi) is 5.59. The Labute approximate surface area is 164 Å². The van der Waals surface area contributed by atoms with E-state index in [1.165, 1.54) is 6.92 Å². The average molecular weight is 380 g/mol. The van der Waals surface area contributed by atoms with Crippen molar-refractivity contribution in [1.82, 2.24) is 15.3 Å². The number of nitriles is 1. The van der Waals surface area contributed by atoms with Crippen LogP contribution in [-0.2, 0) is 9.53 Å². The van der Waals surface area contributed by atoms with Gasteiger partial charge in [-0.2, -0.15) is 5.26 Å². The van der Waals surface area contributed by atoms with Crippen LogP contribution in [0.1, 0.15) is 60.8 Å². The van der Waals surface area contributed by atoms with Gasteiger partial charge in [-0.05, 0) is 51.8 Å². The number of hydrogen-bond donors (Lipinski definition) is 1. The zero-order valence-corrected chi connectivity index (χ0v) is 16.4. The van der Waals surface area contributed by atoms with Crippen LogP contribution in [0.5, 0.6) is 0 Å². The number of nitrogens with zero attached hydrogens (tertiary/aromatic N) is 3. The van der Waals surface area contributed by atoms with Crippen molar-refractivity contribution in [2.24, 2.45) is 0 Å². The fraction of sp³-hybridized carbons (Fsp3) is 0.476. The van der Waals surface area contributed by atoms with E-state index in [1.807, 2.05) is 13.8 Å². The molecular formula is C21H24N4O3. The average Bonchev–Trinajstić information content (AvgIpc) is 2.69. The van der Waals surface area contributed by atoms with Gasteiger partial charge in [-0.15, -0.1) is 0 Å². The first-order valence-electron chi connectivity index (χ1n) is 9.53. The Balaban J connectivity index is 1.69. The van der Waals surface area contributed by atoms with Crippen molar-refractivity contribution in [3.05, 3.63) is 35.2 Å². The normalized spacial score (nSPS) is 16.8. The van der Waals surface area contributed by atoms with E-state index in [1.54, 1.807) is 18.2 Å². The SMILES string of the molecule is Cc1nc2ccc(C(=O)O[C@@H](C)C(=O)NC3(C#N)CCCCC3)cc2nc1C. The molecule has 0 spiro atoms. The van der Waals surface area contributed by atoms with Crippen LogP contribution < -0.4 is 5.32 Å². The molecule has 1 saturated carbocycles. The monoisotopic (exact) mass is 380 g/mol. The Morgan fingerprint density at radius 3 is 2.43 bits per heavy atom. The van der Waals surface area contributed by atoms with Gasteiger partial charge in [0.25, 0.3) is 5.91 Å². The molecular weight excluding hydrogens is 356 g/mol. The number of rotatable bonds is 4. The first-order chi connectivity index (χ1) is 13.3. The zero-order valence-electron chi connectivity index (χ0n) is 16.4. The highest BCUT2D eigenvalue weighted by Gasteiger charge is 2.35. The summed E-state index contributed by atoms with van der Waals surface area (Å²) in [4.78, 5) is 33.8. The Morgan fingerprint density at radius 2 is 1.79 bits per heavy atom. The summed E-state index contributed by atoms with van der Waals surface area (Å²) in [5.41, 5.74) is 2.36. The van der Waals surface area contributed by atoms with E-state index in [0.717, 1.165) is 30.7 Å². The first-order valence-corrected chi connectivity index (χ1v) is 9.53. The lowest BCUT2D eigenvalue weighted by Gasteiger charge is -2.32. The standard InChI is InChI=1S/C21H24N4O3/c1-13-14(2)24-18-11-16(7-8-17(18)23-13)20(27)28-15(3)19(26)25-21(12-22)9-5-4-6-10-21/h7-8,11,15H,4-6,9-10H2,1-3H3,(H,25,26)/t15-/m0/s1. The molecule has 1 heterocycles. The molecule has 1 aliphatic carbocycles. The summed E-state index contributed by atoms with van der Waals surface area (Å²) < 4.78 is 5.32. The Morgan fingerprint density at radius 1 is 1.14 bits per heavy atom. The van der Waals surface area contributed by atoms with Gasteiger partial charge in [-0.1, -0.05) is 19.3 Å². The molecule has 1 amide bonds. The number of amides is 1. The van der Waals surface area contributed by atoms with Gasteiger partial charge in [0.2, 0.25) is 0 Å². The molecule has 0 radical (unpaired) electrons. The highest BCUT2D eigenvalue weighted by molar-refractivity contribution is 5.95.